The fraction of sp³-hybridized carbons (Fsp3) is 0.467. The second kappa shape index (κ2) is 6.47. The van der Waals surface area contributed by atoms with E-state index in [4.69, 9.17) is 10.5 Å². The summed E-state index contributed by atoms with van der Waals surface area (Å²) >= 11 is 0. The molecule has 0 aliphatic heterocycles. The number of rotatable bonds is 6. The number of nitrogens with two attached hydrogens (primary N) is 1. The zero-order valence-corrected chi connectivity index (χ0v) is 12.7. The van der Waals surface area contributed by atoms with Gasteiger partial charge >= 0.3 is 0 Å². The summed E-state index contributed by atoms with van der Waals surface area (Å²) in [5, 5.41) is 2.90. The molecule has 0 aliphatic rings. The Morgan fingerprint density at radius 2 is 2.24 bits per heavy atom. The molecule has 0 atom stereocenters. The van der Waals surface area contributed by atoms with Crippen molar-refractivity contribution in [3.05, 3.63) is 18.2 Å². The predicted molar refractivity (Wildman–Crippen MR) is 83.2 cm³/mol. The Morgan fingerprint density at radius 3 is 2.90 bits per heavy atom. The van der Waals surface area contributed by atoms with E-state index >= 15 is 0 Å². The van der Waals surface area contributed by atoms with Gasteiger partial charge in [-0.25, -0.2) is 4.98 Å². The summed E-state index contributed by atoms with van der Waals surface area (Å²) in [6.45, 7) is 5.31. The fourth-order valence-electron chi connectivity index (χ4n) is 2.10. The van der Waals surface area contributed by atoms with Crippen LogP contribution in [0.3, 0.4) is 0 Å². The maximum atomic E-state index is 11.8. The lowest BCUT2D eigenvalue weighted by molar-refractivity contribution is -0.121. The molecule has 0 fully saturated rings. The predicted octanol–water partition coefficient (Wildman–Crippen LogP) is 1.79. The minimum atomic E-state index is 0.0212. The number of fused-ring (bicyclic) bond motifs is 1. The largest absolute Gasteiger partial charge is 0.497 e. The summed E-state index contributed by atoms with van der Waals surface area (Å²) in [6.07, 6.45) is 0.375. The lowest BCUT2D eigenvalue weighted by Crippen LogP contribution is -2.28. The molecule has 0 unspecified atom stereocenters. The minimum absolute atomic E-state index is 0.0212. The van der Waals surface area contributed by atoms with Crippen LogP contribution in [0.2, 0.25) is 0 Å². The molecule has 2 aromatic rings. The molecule has 0 bridgehead atoms. The van der Waals surface area contributed by atoms with Gasteiger partial charge in [-0.15, -0.1) is 0 Å². The van der Waals surface area contributed by atoms with Gasteiger partial charge < -0.3 is 20.4 Å². The SMILES string of the molecule is COc1ccc2nc(N)n(CCC(=O)NCC(C)C)c2c1. The average molecular weight is 290 g/mol. The monoisotopic (exact) mass is 290 g/mol. The molecule has 1 heterocycles. The molecular weight excluding hydrogens is 268 g/mol. The number of amides is 1. The number of hydrogen-bond acceptors (Lipinski definition) is 4. The fourth-order valence-corrected chi connectivity index (χ4v) is 2.10. The van der Waals surface area contributed by atoms with Crippen molar-refractivity contribution in [2.45, 2.75) is 26.8 Å². The van der Waals surface area contributed by atoms with Crippen LogP contribution in [0, 0.1) is 5.92 Å². The standard InChI is InChI=1S/C15H22N4O2/c1-10(2)9-17-14(20)6-7-19-13-8-11(21-3)4-5-12(13)18-15(19)16/h4-5,8,10H,6-7,9H2,1-3H3,(H2,16,18)(H,17,20). The maximum Gasteiger partial charge on any atom is 0.221 e. The number of imidazole rings is 1. The first-order chi connectivity index (χ1) is 10.0. The third kappa shape index (κ3) is 3.65. The summed E-state index contributed by atoms with van der Waals surface area (Å²) in [5.41, 5.74) is 7.61. The quantitative estimate of drug-likeness (QED) is 0.849. The van der Waals surface area contributed by atoms with E-state index in [2.05, 4.69) is 24.1 Å². The van der Waals surface area contributed by atoms with Crippen LogP contribution < -0.4 is 15.8 Å². The number of benzene rings is 1. The Bertz CT molecular complexity index is 634. The summed E-state index contributed by atoms with van der Waals surface area (Å²) in [6, 6.07) is 5.58. The average Bonchev–Trinajstić information content (AvgIpc) is 2.77. The highest BCUT2D eigenvalue weighted by Gasteiger charge is 2.11. The summed E-state index contributed by atoms with van der Waals surface area (Å²) in [4.78, 5) is 16.1. The lowest BCUT2D eigenvalue weighted by atomic mass is 10.2. The van der Waals surface area contributed by atoms with Gasteiger partial charge in [0.05, 0.1) is 18.1 Å². The number of anilines is 1. The molecule has 1 aromatic carbocycles. The number of carbonyl (C=O) groups is 1. The van der Waals surface area contributed by atoms with Gasteiger partial charge in [-0.1, -0.05) is 13.8 Å². The molecule has 0 saturated carbocycles. The van der Waals surface area contributed by atoms with Crippen molar-refractivity contribution in [1.82, 2.24) is 14.9 Å². The number of hydrogen-bond donors (Lipinski definition) is 2. The molecular formula is C15H22N4O2. The molecule has 1 amide bonds. The van der Waals surface area contributed by atoms with Crippen molar-refractivity contribution in [1.29, 1.82) is 0 Å². The van der Waals surface area contributed by atoms with Crippen LogP contribution in [0.25, 0.3) is 11.0 Å². The van der Waals surface area contributed by atoms with Crippen molar-refractivity contribution in [2.24, 2.45) is 5.92 Å². The van der Waals surface area contributed by atoms with Crippen LogP contribution >= 0.6 is 0 Å². The van der Waals surface area contributed by atoms with Gasteiger partial charge in [-0.2, -0.15) is 0 Å². The van der Waals surface area contributed by atoms with Crippen LogP contribution in [0.1, 0.15) is 20.3 Å². The van der Waals surface area contributed by atoms with E-state index in [1.54, 1.807) is 7.11 Å². The summed E-state index contributed by atoms with van der Waals surface area (Å²) in [5.74, 6) is 1.62. The number of ether oxygens (including phenoxy) is 1. The van der Waals surface area contributed by atoms with Gasteiger partial charge in [0, 0.05) is 25.6 Å². The van der Waals surface area contributed by atoms with E-state index in [1.165, 1.54) is 0 Å². The van der Waals surface area contributed by atoms with Crippen LogP contribution in [0.5, 0.6) is 5.75 Å². The molecule has 3 N–H and O–H groups in total. The summed E-state index contributed by atoms with van der Waals surface area (Å²) in [7, 11) is 1.62. The Kier molecular flexibility index (Phi) is 4.67. The van der Waals surface area contributed by atoms with Gasteiger partial charge in [-0.3, -0.25) is 4.79 Å². The highest BCUT2D eigenvalue weighted by atomic mass is 16.5. The number of aromatic nitrogens is 2. The van der Waals surface area contributed by atoms with Crippen LogP contribution in [0.15, 0.2) is 18.2 Å². The second-order valence-corrected chi connectivity index (χ2v) is 5.42. The van der Waals surface area contributed by atoms with E-state index in [-0.39, 0.29) is 5.91 Å². The van der Waals surface area contributed by atoms with E-state index in [9.17, 15) is 4.79 Å². The number of nitrogens with one attached hydrogen (secondary N) is 1. The first kappa shape index (κ1) is 15.2. The molecule has 0 spiro atoms. The molecule has 6 heteroatoms. The lowest BCUT2D eigenvalue weighted by Gasteiger charge is -2.09. The van der Waals surface area contributed by atoms with Gasteiger partial charge in [0.1, 0.15) is 5.75 Å². The zero-order chi connectivity index (χ0) is 15.4. The molecule has 114 valence electrons. The first-order valence-corrected chi connectivity index (χ1v) is 7.07. The van der Waals surface area contributed by atoms with E-state index < -0.39 is 0 Å². The molecule has 2 rings (SSSR count). The van der Waals surface area contributed by atoms with Crippen molar-refractivity contribution in [2.75, 3.05) is 19.4 Å². The first-order valence-electron chi connectivity index (χ1n) is 7.07. The van der Waals surface area contributed by atoms with Crippen molar-refractivity contribution >= 4 is 22.9 Å². The topological polar surface area (TPSA) is 82.2 Å². The molecule has 6 nitrogen and oxygen atoms in total. The van der Waals surface area contributed by atoms with Gasteiger partial charge in [-0.05, 0) is 18.1 Å². The van der Waals surface area contributed by atoms with Crippen molar-refractivity contribution in [3.63, 3.8) is 0 Å². The van der Waals surface area contributed by atoms with Crippen molar-refractivity contribution < 1.29 is 9.53 Å². The van der Waals surface area contributed by atoms with Gasteiger partial charge in [0.2, 0.25) is 11.9 Å². The van der Waals surface area contributed by atoms with Gasteiger partial charge in [0.15, 0.2) is 0 Å². The number of aryl methyl sites for hydroxylation is 1. The number of methoxy groups -OCH3 is 1. The normalized spacial score (nSPS) is 11.0. The van der Waals surface area contributed by atoms with E-state index in [0.29, 0.717) is 31.4 Å². The Balaban J connectivity index is 2.10. The third-order valence-corrected chi connectivity index (χ3v) is 3.25. The molecule has 0 aliphatic carbocycles. The van der Waals surface area contributed by atoms with E-state index in [1.807, 2.05) is 22.8 Å². The highest BCUT2D eigenvalue weighted by molar-refractivity contribution is 5.80. The van der Waals surface area contributed by atoms with E-state index in [0.717, 1.165) is 16.8 Å². The molecule has 1 aromatic heterocycles. The molecule has 0 radical (unpaired) electrons. The molecule has 21 heavy (non-hydrogen) atoms. The maximum absolute atomic E-state index is 11.8. The van der Waals surface area contributed by atoms with Gasteiger partial charge in [0.25, 0.3) is 0 Å². The van der Waals surface area contributed by atoms with Crippen LogP contribution in [-0.4, -0.2) is 29.1 Å². The second-order valence-electron chi connectivity index (χ2n) is 5.42. The number of nitrogens with zero attached hydrogens (tertiary/aromatic N) is 2. The third-order valence-electron chi connectivity index (χ3n) is 3.25. The van der Waals surface area contributed by atoms with Crippen LogP contribution in [-0.2, 0) is 11.3 Å². The van der Waals surface area contributed by atoms with Crippen molar-refractivity contribution in [3.8, 4) is 5.75 Å². The Labute approximate surface area is 124 Å². The smallest absolute Gasteiger partial charge is 0.221 e. The zero-order valence-electron chi connectivity index (χ0n) is 12.7. The number of carbonyl (C=O) groups excluding carboxylic acids is 1. The minimum Gasteiger partial charge on any atom is -0.497 e. The summed E-state index contributed by atoms with van der Waals surface area (Å²) < 4.78 is 7.06. The highest BCUT2D eigenvalue weighted by Crippen LogP contribution is 2.23. The Hall–Kier alpha value is -2.24. The molecule has 0 saturated heterocycles. The van der Waals surface area contributed by atoms with Crippen LogP contribution in [0.4, 0.5) is 5.95 Å². The Morgan fingerprint density at radius 1 is 1.48 bits per heavy atom. The number of nitrogen functional groups attached to an aromatic ring is 1.